The van der Waals surface area contributed by atoms with Gasteiger partial charge in [-0.15, -0.1) is 17.9 Å². The number of carbonyl (C=O) groups is 2. The zero-order valence-corrected chi connectivity index (χ0v) is 20.4. The number of furan rings is 1. The van der Waals surface area contributed by atoms with Crippen molar-refractivity contribution in [3.8, 4) is 5.75 Å². The third kappa shape index (κ3) is 5.25. The van der Waals surface area contributed by atoms with Crippen molar-refractivity contribution in [2.75, 3.05) is 26.2 Å². The van der Waals surface area contributed by atoms with Gasteiger partial charge in [0.1, 0.15) is 18.9 Å². The van der Waals surface area contributed by atoms with E-state index in [1.165, 1.54) is 21.6 Å². The highest BCUT2D eigenvalue weighted by atomic mass is 32.1. The Morgan fingerprint density at radius 1 is 1.26 bits per heavy atom. The lowest BCUT2D eigenvalue weighted by Crippen LogP contribution is -2.47. The Balaban J connectivity index is 1.50. The van der Waals surface area contributed by atoms with Crippen molar-refractivity contribution < 1.29 is 18.7 Å². The minimum absolute atomic E-state index is 0.0510. The number of thiophene rings is 1. The first kappa shape index (κ1) is 23.8. The van der Waals surface area contributed by atoms with Crippen LogP contribution in [0.4, 0.5) is 0 Å². The van der Waals surface area contributed by atoms with Gasteiger partial charge in [-0.05, 0) is 59.2 Å². The molecular weight excluding hydrogens is 448 g/mol. The van der Waals surface area contributed by atoms with Crippen molar-refractivity contribution in [3.05, 3.63) is 88.5 Å². The standard InChI is InChI=1S/C27H30N2O4S/c1-4-13-28(27(31)24-6-5-15-32-24)17-26(30)29-14-11-25-22(12-16-34-25)23(29)18-33-21-9-7-20(8-10-21)19(2)3/h4-10,12,15-16,19,23H,1,11,13-14,17-18H2,2-3H3/t23-/m1/s1. The lowest BCUT2D eigenvalue weighted by molar-refractivity contribution is -0.135. The second kappa shape index (κ2) is 10.7. The first-order valence-corrected chi connectivity index (χ1v) is 12.4. The van der Waals surface area contributed by atoms with E-state index in [2.05, 4.69) is 44.0 Å². The van der Waals surface area contributed by atoms with Crippen molar-refractivity contribution in [1.82, 2.24) is 9.80 Å². The van der Waals surface area contributed by atoms with Crippen molar-refractivity contribution in [2.45, 2.75) is 32.2 Å². The monoisotopic (exact) mass is 478 g/mol. The largest absolute Gasteiger partial charge is 0.491 e. The molecule has 1 aliphatic rings. The van der Waals surface area contributed by atoms with E-state index in [-0.39, 0.29) is 36.7 Å². The summed E-state index contributed by atoms with van der Waals surface area (Å²) in [4.78, 5) is 30.8. The van der Waals surface area contributed by atoms with Gasteiger partial charge >= 0.3 is 0 Å². The number of carbonyl (C=O) groups excluding carboxylic acids is 2. The van der Waals surface area contributed by atoms with Crippen LogP contribution in [0.2, 0.25) is 0 Å². The molecule has 178 valence electrons. The lowest BCUT2D eigenvalue weighted by Gasteiger charge is -2.37. The Hall–Kier alpha value is -3.32. The Kier molecular flexibility index (Phi) is 7.53. The molecule has 1 aromatic carbocycles. The molecule has 0 fully saturated rings. The van der Waals surface area contributed by atoms with E-state index in [9.17, 15) is 9.59 Å². The fraction of sp³-hybridized carbons (Fsp3) is 0.333. The summed E-state index contributed by atoms with van der Waals surface area (Å²) in [6.45, 7) is 9.19. The van der Waals surface area contributed by atoms with Crippen LogP contribution in [0.5, 0.6) is 5.75 Å². The molecule has 0 radical (unpaired) electrons. The Bertz CT molecular complexity index is 1120. The second-order valence-corrected chi connectivity index (χ2v) is 9.64. The average Bonchev–Trinajstić information content (AvgIpc) is 3.54. The third-order valence-electron chi connectivity index (χ3n) is 6.06. The molecule has 1 atom stereocenters. The van der Waals surface area contributed by atoms with Crippen LogP contribution in [-0.2, 0) is 11.2 Å². The topological polar surface area (TPSA) is 63.0 Å². The van der Waals surface area contributed by atoms with E-state index in [1.807, 2.05) is 17.0 Å². The molecule has 0 N–H and O–H groups in total. The van der Waals surface area contributed by atoms with E-state index in [1.54, 1.807) is 29.5 Å². The van der Waals surface area contributed by atoms with Crippen molar-refractivity contribution in [2.24, 2.45) is 0 Å². The summed E-state index contributed by atoms with van der Waals surface area (Å²) in [7, 11) is 0. The number of amides is 2. The fourth-order valence-electron chi connectivity index (χ4n) is 4.18. The van der Waals surface area contributed by atoms with Crippen LogP contribution < -0.4 is 4.74 Å². The molecule has 7 heteroatoms. The van der Waals surface area contributed by atoms with E-state index in [4.69, 9.17) is 9.15 Å². The maximum absolute atomic E-state index is 13.4. The summed E-state index contributed by atoms with van der Waals surface area (Å²) in [5.41, 5.74) is 2.38. The van der Waals surface area contributed by atoms with Crippen LogP contribution in [0.1, 0.15) is 52.4 Å². The zero-order valence-electron chi connectivity index (χ0n) is 19.6. The Labute approximate surface area is 204 Å². The van der Waals surface area contributed by atoms with Gasteiger partial charge in [-0.3, -0.25) is 9.59 Å². The number of ether oxygens (including phenoxy) is 1. The van der Waals surface area contributed by atoms with Gasteiger partial charge in [0.2, 0.25) is 5.91 Å². The van der Waals surface area contributed by atoms with Crippen LogP contribution >= 0.6 is 11.3 Å². The molecule has 0 bridgehead atoms. The van der Waals surface area contributed by atoms with E-state index in [0.29, 0.717) is 19.1 Å². The molecule has 0 saturated heterocycles. The van der Waals surface area contributed by atoms with Crippen molar-refractivity contribution in [3.63, 3.8) is 0 Å². The van der Waals surface area contributed by atoms with Gasteiger partial charge in [0.15, 0.2) is 5.76 Å². The first-order chi connectivity index (χ1) is 16.5. The summed E-state index contributed by atoms with van der Waals surface area (Å²) < 4.78 is 11.4. The molecule has 3 heterocycles. The molecule has 2 amide bonds. The molecule has 0 saturated carbocycles. The summed E-state index contributed by atoms with van der Waals surface area (Å²) in [6.07, 6.45) is 3.86. The molecule has 0 spiro atoms. The SMILES string of the molecule is C=CCN(CC(=O)N1CCc2sccc2[C@H]1COc1ccc(C(C)C)cc1)C(=O)c1ccco1. The lowest BCUT2D eigenvalue weighted by atomic mass is 10.00. The fourth-order valence-corrected chi connectivity index (χ4v) is 5.11. The molecule has 34 heavy (non-hydrogen) atoms. The summed E-state index contributed by atoms with van der Waals surface area (Å²) >= 11 is 1.71. The normalized spacial score (nSPS) is 15.1. The van der Waals surface area contributed by atoms with Gasteiger partial charge in [-0.2, -0.15) is 0 Å². The molecule has 4 rings (SSSR count). The van der Waals surface area contributed by atoms with Gasteiger partial charge in [0.25, 0.3) is 5.91 Å². The van der Waals surface area contributed by atoms with Gasteiger partial charge in [-0.1, -0.05) is 32.1 Å². The summed E-state index contributed by atoms with van der Waals surface area (Å²) in [6, 6.07) is 13.2. The highest BCUT2D eigenvalue weighted by Crippen LogP contribution is 2.34. The van der Waals surface area contributed by atoms with Gasteiger partial charge in [-0.25, -0.2) is 0 Å². The zero-order chi connectivity index (χ0) is 24.1. The highest BCUT2D eigenvalue weighted by molar-refractivity contribution is 7.10. The van der Waals surface area contributed by atoms with Crippen LogP contribution in [0, 0.1) is 0 Å². The van der Waals surface area contributed by atoms with E-state index in [0.717, 1.165) is 17.7 Å². The van der Waals surface area contributed by atoms with Crippen LogP contribution in [-0.4, -0.2) is 47.9 Å². The number of hydrogen-bond acceptors (Lipinski definition) is 5. The van der Waals surface area contributed by atoms with E-state index >= 15 is 0 Å². The predicted octanol–water partition coefficient (Wildman–Crippen LogP) is 5.30. The number of nitrogens with zero attached hydrogens (tertiary/aromatic N) is 2. The quantitative estimate of drug-likeness (QED) is 0.392. The van der Waals surface area contributed by atoms with Gasteiger partial charge < -0.3 is 19.0 Å². The van der Waals surface area contributed by atoms with Crippen molar-refractivity contribution in [1.29, 1.82) is 0 Å². The number of hydrogen-bond donors (Lipinski definition) is 0. The molecule has 3 aromatic rings. The highest BCUT2D eigenvalue weighted by Gasteiger charge is 2.33. The van der Waals surface area contributed by atoms with Crippen molar-refractivity contribution >= 4 is 23.2 Å². The summed E-state index contributed by atoms with van der Waals surface area (Å²) in [5, 5.41) is 2.06. The second-order valence-electron chi connectivity index (χ2n) is 8.64. The molecule has 0 aliphatic carbocycles. The number of fused-ring (bicyclic) bond motifs is 1. The third-order valence-corrected chi connectivity index (χ3v) is 7.06. The Morgan fingerprint density at radius 3 is 2.74 bits per heavy atom. The minimum atomic E-state index is -0.329. The molecule has 2 aromatic heterocycles. The first-order valence-electron chi connectivity index (χ1n) is 11.5. The van der Waals surface area contributed by atoms with Gasteiger partial charge in [0.05, 0.1) is 12.3 Å². The molecule has 1 aliphatic heterocycles. The minimum Gasteiger partial charge on any atom is -0.491 e. The van der Waals surface area contributed by atoms with Gasteiger partial charge in [0, 0.05) is 18.0 Å². The van der Waals surface area contributed by atoms with Crippen LogP contribution in [0.25, 0.3) is 0 Å². The maximum atomic E-state index is 13.4. The molecule has 0 unspecified atom stereocenters. The predicted molar refractivity (Wildman–Crippen MR) is 133 cm³/mol. The smallest absolute Gasteiger partial charge is 0.290 e. The molecular formula is C27H30N2O4S. The van der Waals surface area contributed by atoms with Crippen LogP contribution in [0.15, 0.2) is 71.2 Å². The number of benzene rings is 1. The average molecular weight is 479 g/mol. The molecule has 6 nitrogen and oxygen atoms in total. The number of rotatable bonds is 9. The van der Waals surface area contributed by atoms with Crippen LogP contribution in [0.3, 0.4) is 0 Å². The summed E-state index contributed by atoms with van der Waals surface area (Å²) in [5.74, 6) is 0.988. The van der Waals surface area contributed by atoms with E-state index < -0.39 is 0 Å². The Morgan fingerprint density at radius 2 is 2.06 bits per heavy atom. The maximum Gasteiger partial charge on any atom is 0.290 e.